The molecule has 178 valence electrons. The second-order valence-corrected chi connectivity index (χ2v) is 11.5. The van der Waals surface area contributed by atoms with Gasteiger partial charge in [0.05, 0.1) is 28.4 Å². The Morgan fingerprint density at radius 3 is 2.35 bits per heavy atom. The van der Waals surface area contributed by atoms with Crippen molar-refractivity contribution in [3.63, 3.8) is 0 Å². The summed E-state index contributed by atoms with van der Waals surface area (Å²) in [4.78, 5) is 19.8. The standard InChI is InChI=1S/C26H26ClFN2O3S/c1-18(34(32,33)24-13-11-22(28)12-14-24)16-25(31)30(17-23-4-2-3-15-29-23)26(19-5-6-19)20-7-9-21(27)10-8-20/h2-4,7-15,18-19,26H,5-6,16-17H2,1H3/t18-,26-/m0/s1. The number of sulfone groups is 1. The van der Waals surface area contributed by atoms with Gasteiger partial charge < -0.3 is 4.90 Å². The van der Waals surface area contributed by atoms with E-state index in [1.807, 2.05) is 30.3 Å². The van der Waals surface area contributed by atoms with Crippen LogP contribution in [-0.2, 0) is 21.2 Å². The van der Waals surface area contributed by atoms with Crippen LogP contribution in [0.15, 0.2) is 77.8 Å². The zero-order valence-electron chi connectivity index (χ0n) is 18.8. The van der Waals surface area contributed by atoms with Crippen molar-refractivity contribution >= 4 is 27.3 Å². The van der Waals surface area contributed by atoms with Crippen molar-refractivity contribution in [1.29, 1.82) is 0 Å². The maximum absolute atomic E-state index is 13.7. The number of rotatable bonds is 9. The maximum Gasteiger partial charge on any atom is 0.224 e. The Kier molecular flexibility index (Phi) is 7.33. The smallest absolute Gasteiger partial charge is 0.224 e. The van der Waals surface area contributed by atoms with Gasteiger partial charge in [0.1, 0.15) is 5.82 Å². The van der Waals surface area contributed by atoms with Gasteiger partial charge in [-0.15, -0.1) is 0 Å². The molecule has 0 unspecified atom stereocenters. The van der Waals surface area contributed by atoms with Crippen molar-refractivity contribution in [2.45, 2.75) is 48.9 Å². The Balaban J connectivity index is 1.63. The minimum Gasteiger partial charge on any atom is -0.329 e. The van der Waals surface area contributed by atoms with Crippen molar-refractivity contribution in [2.75, 3.05) is 0 Å². The molecule has 1 heterocycles. The van der Waals surface area contributed by atoms with Gasteiger partial charge in [0.25, 0.3) is 0 Å². The van der Waals surface area contributed by atoms with E-state index >= 15 is 0 Å². The first-order valence-electron chi connectivity index (χ1n) is 11.2. The fourth-order valence-corrected chi connectivity index (χ4v) is 5.58. The van der Waals surface area contributed by atoms with Crippen molar-refractivity contribution in [3.8, 4) is 0 Å². The molecule has 5 nitrogen and oxygen atoms in total. The Hall–Kier alpha value is -2.77. The number of halogens is 2. The first kappa shape index (κ1) is 24.4. The molecule has 0 bridgehead atoms. The van der Waals surface area contributed by atoms with Crippen LogP contribution in [0.2, 0.25) is 5.02 Å². The molecule has 0 spiro atoms. The number of pyridine rings is 1. The number of carbonyl (C=O) groups excluding carboxylic acids is 1. The molecule has 0 radical (unpaired) electrons. The SMILES string of the molecule is C[C@@H](CC(=O)N(Cc1ccccn1)[C@H](c1ccc(Cl)cc1)C1CC1)S(=O)(=O)c1ccc(F)cc1. The molecule has 1 saturated carbocycles. The van der Waals surface area contributed by atoms with Gasteiger partial charge in [0.2, 0.25) is 5.91 Å². The lowest BCUT2D eigenvalue weighted by molar-refractivity contribution is -0.135. The van der Waals surface area contributed by atoms with Gasteiger partial charge in [-0.25, -0.2) is 12.8 Å². The molecule has 1 amide bonds. The Bertz CT molecular complexity index is 1230. The van der Waals surface area contributed by atoms with E-state index in [9.17, 15) is 17.6 Å². The average molecular weight is 501 g/mol. The zero-order chi connectivity index (χ0) is 24.3. The summed E-state index contributed by atoms with van der Waals surface area (Å²) in [6.45, 7) is 1.79. The highest BCUT2D eigenvalue weighted by Crippen LogP contribution is 2.45. The van der Waals surface area contributed by atoms with Crippen LogP contribution in [-0.4, -0.2) is 29.5 Å². The van der Waals surface area contributed by atoms with Gasteiger partial charge >= 0.3 is 0 Å². The molecule has 0 N–H and O–H groups in total. The van der Waals surface area contributed by atoms with Gasteiger partial charge in [-0.3, -0.25) is 9.78 Å². The quantitative estimate of drug-likeness (QED) is 0.358. The molecule has 1 fully saturated rings. The Morgan fingerprint density at radius 1 is 1.09 bits per heavy atom. The number of benzene rings is 2. The van der Waals surface area contributed by atoms with Gasteiger partial charge in [0, 0.05) is 17.6 Å². The summed E-state index contributed by atoms with van der Waals surface area (Å²) in [5, 5.41) is -0.360. The fourth-order valence-electron chi connectivity index (χ4n) is 4.12. The number of hydrogen-bond donors (Lipinski definition) is 0. The van der Waals surface area contributed by atoms with Crippen LogP contribution in [0.3, 0.4) is 0 Å². The van der Waals surface area contributed by atoms with Crippen LogP contribution in [0, 0.1) is 11.7 Å². The highest BCUT2D eigenvalue weighted by atomic mass is 35.5. The van der Waals surface area contributed by atoms with Crippen LogP contribution in [0.4, 0.5) is 4.39 Å². The number of hydrogen-bond acceptors (Lipinski definition) is 4. The first-order chi connectivity index (χ1) is 16.3. The molecule has 1 aromatic heterocycles. The van der Waals surface area contributed by atoms with E-state index < -0.39 is 20.9 Å². The van der Waals surface area contributed by atoms with Crippen LogP contribution in [0.1, 0.15) is 43.5 Å². The number of aromatic nitrogens is 1. The molecular formula is C26H26ClFN2O3S. The van der Waals surface area contributed by atoms with E-state index in [0.717, 1.165) is 36.2 Å². The second kappa shape index (κ2) is 10.2. The van der Waals surface area contributed by atoms with Gasteiger partial charge in [0.15, 0.2) is 9.84 Å². The minimum absolute atomic E-state index is 0.00178. The fraction of sp³-hybridized carbons (Fsp3) is 0.308. The summed E-state index contributed by atoms with van der Waals surface area (Å²) in [6.07, 6.45) is 3.46. The molecule has 1 aliphatic rings. The normalized spacial score (nSPS) is 15.5. The molecular weight excluding hydrogens is 475 g/mol. The predicted octanol–water partition coefficient (Wildman–Crippen LogP) is 5.61. The van der Waals surface area contributed by atoms with E-state index in [2.05, 4.69) is 4.98 Å². The number of amides is 1. The molecule has 8 heteroatoms. The third-order valence-electron chi connectivity index (χ3n) is 6.13. The predicted molar refractivity (Wildman–Crippen MR) is 129 cm³/mol. The molecule has 2 atom stereocenters. The van der Waals surface area contributed by atoms with Crippen molar-refractivity contribution < 1.29 is 17.6 Å². The highest BCUT2D eigenvalue weighted by Gasteiger charge is 2.39. The molecule has 4 rings (SSSR count). The first-order valence-corrected chi connectivity index (χ1v) is 13.1. The lowest BCUT2D eigenvalue weighted by Crippen LogP contribution is -2.38. The molecule has 3 aromatic rings. The van der Waals surface area contributed by atoms with Gasteiger partial charge in [-0.2, -0.15) is 0 Å². The largest absolute Gasteiger partial charge is 0.329 e. The lowest BCUT2D eigenvalue weighted by atomic mass is 9.99. The van der Waals surface area contributed by atoms with Crippen LogP contribution in [0.25, 0.3) is 0 Å². The second-order valence-electron chi connectivity index (χ2n) is 8.69. The Labute approximate surface area is 204 Å². The van der Waals surface area contributed by atoms with Crippen molar-refractivity contribution in [1.82, 2.24) is 9.88 Å². The molecule has 2 aromatic carbocycles. The van der Waals surface area contributed by atoms with Crippen LogP contribution < -0.4 is 0 Å². The monoisotopic (exact) mass is 500 g/mol. The van der Waals surface area contributed by atoms with E-state index in [4.69, 9.17) is 11.6 Å². The highest BCUT2D eigenvalue weighted by molar-refractivity contribution is 7.92. The van der Waals surface area contributed by atoms with Gasteiger partial charge in [-0.1, -0.05) is 29.8 Å². The lowest BCUT2D eigenvalue weighted by Gasteiger charge is -2.33. The Morgan fingerprint density at radius 2 is 1.76 bits per heavy atom. The molecule has 0 saturated heterocycles. The van der Waals surface area contributed by atoms with E-state index in [-0.39, 0.29) is 35.7 Å². The van der Waals surface area contributed by atoms with Crippen LogP contribution >= 0.6 is 11.6 Å². The molecule has 1 aliphatic carbocycles. The van der Waals surface area contributed by atoms with Gasteiger partial charge in [-0.05, 0) is 79.8 Å². The minimum atomic E-state index is -3.80. The zero-order valence-corrected chi connectivity index (χ0v) is 20.3. The maximum atomic E-state index is 13.7. The van der Waals surface area contributed by atoms with Crippen molar-refractivity contribution in [3.05, 3.63) is 95.0 Å². The average Bonchev–Trinajstić information content (AvgIpc) is 3.66. The molecule has 0 aliphatic heterocycles. The summed E-state index contributed by atoms with van der Waals surface area (Å²) in [5.74, 6) is -0.493. The topological polar surface area (TPSA) is 67.3 Å². The van der Waals surface area contributed by atoms with Crippen LogP contribution in [0.5, 0.6) is 0 Å². The number of carbonyl (C=O) groups is 1. The number of nitrogens with zero attached hydrogens (tertiary/aromatic N) is 2. The third-order valence-corrected chi connectivity index (χ3v) is 8.54. The van der Waals surface area contributed by atoms with E-state index in [0.29, 0.717) is 5.02 Å². The summed E-state index contributed by atoms with van der Waals surface area (Å²) in [7, 11) is -3.80. The molecule has 34 heavy (non-hydrogen) atoms. The van der Waals surface area contributed by atoms with Crippen molar-refractivity contribution in [2.24, 2.45) is 5.92 Å². The third kappa shape index (κ3) is 5.65. The summed E-state index contributed by atoms with van der Waals surface area (Å²) in [6, 6.07) is 17.5. The van der Waals surface area contributed by atoms with E-state index in [1.54, 1.807) is 23.2 Å². The summed E-state index contributed by atoms with van der Waals surface area (Å²) in [5.41, 5.74) is 1.69. The summed E-state index contributed by atoms with van der Waals surface area (Å²) >= 11 is 6.09. The summed E-state index contributed by atoms with van der Waals surface area (Å²) < 4.78 is 39.4. The van der Waals surface area contributed by atoms with E-state index in [1.165, 1.54) is 19.1 Å².